The molecular formula is C15H14Cl2N2O3. The maximum atomic E-state index is 11.5. The number of nitrogen functional groups attached to an aromatic ring is 1. The fraction of sp³-hybridized carbons (Fsp3) is 0.133. The number of nitrogens with two attached hydrogens (primary N) is 1. The van der Waals surface area contributed by atoms with Crippen molar-refractivity contribution in [2.75, 3.05) is 7.11 Å². The van der Waals surface area contributed by atoms with Crippen LogP contribution in [0.4, 0.5) is 0 Å². The predicted molar refractivity (Wildman–Crippen MR) is 85.4 cm³/mol. The lowest BCUT2D eigenvalue weighted by Gasteiger charge is -2.12. The van der Waals surface area contributed by atoms with Crippen LogP contribution in [0.5, 0.6) is 11.5 Å². The second-order valence-electron chi connectivity index (χ2n) is 4.36. The first-order chi connectivity index (χ1) is 10.5. The Morgan fingerprint density at radius 1 is 1.18 bits per heavy atom. The number of carbonyl (C=O) groups is 1. The van der Waals surface area contributed by atoms with E-state index in [1.165, 1.54) is 7.11 Å². The summed E-state index contributed by atoms with van der Waals surface area (Å²) in [5, 5.41) is 1.08. The molecule has 0 unspecified atom stereocenters. The lowest BCUT2D eigenvalue weighted by atomic mass is 10.2. The number of ether oxygens (including phenoxy) is 2. The number of carbonyl (C=O) groups excluding carboxylic acids is 1. The molecule has 3 N–H and O–H groups in total. The van der Waals surface area contributed by atoms with E-state index < -0.39 is 5.91 Å². The summed E-state index contributed by atoms with van der Waals surface area (Å²) < 4.78 is 10.9. The standard InChI is InChI=1S/C15H14Cl2N2O3/c1-21-14-6-9(15(20)19-18)3-5-13(14)22-8-10-2-4-11(16)7-12(10)17/h2-7H,8,18H2,1H3,(H,19,20). The highest BCUT2D eigenvalue weighted by Crippen LogP contribution is 2.30. The van der Waals surface area contributed by atoms with Crippen molar-refractivity contribution in [3.8, 4) is 11.5 Å². The van der Waals surface area contributed by atoms with Crippen LogP contribution in [0.1, 0.15) is 15.9 Å². The number of methoxy groups -OCH3 is 1. The molecule has 0 radical (unpaired) electrons. The highest BCUT2D eigenvalue weighted by atomic mass is 35.5. The lowest BCUT2D eigenvalue weighted by molar-refractivity contribution is 0.0953. The molecule has 22 heavy (non-hydrogen) atoms. The van der Waals surface area contributed by atoms with Crippen molar-refractivity contribution in [1.29, 1.82) is 0 Å². The average Bonchev–Trinajstić information content (AvgIpc) is 2.53. The summed E-state index contributed by atoms with van der Waals surface area (Å²) in [6.07, 6.45) is 0. The number of rotatable bonds is 5. The second kappa shape index (κ2) is 7.35. The lowest BCUT2D eigenvalue weighted by Crippen LogP contribution is -2.29. The molecule has 0 fully saturated rings. The summed E-state index contributed by atoms with van der Waals surface area (Å²) in [6, 6.07) is 9.93. The maximum Gasteiger partial charge on any atom is 0.265 e. The van der Waals surface area contributed by atoms with Crippen LogP contribution < -0.4 is 20.7 Å². The highest BCUT2D eigenvalue weighted by Gasteiger charge is 2.11. The van der Waals surface area contributed by atoms with Crippen molar-refractivity contribution in [2.24, 2.45) is 5.84 Å². The Balaban J connectivity index is 2.17. The molecule has 0 spiro atoms. The molecular weight excluding hydrogens is 327 g/mol. The zero-order chi connectivity index (χ0) is 16.1. The Kier molecular flexibility index (Phi) is 5.49. The minimum absolute atomic E-state index is 0.245. The summed E-state index contributed by atoms with van der Waals surface area (Å²) in [6.45, 7) is 0.245. The van der Waals surface area contributed by atoms with E-state index in [-0.39, 0.29) is 6.61 Å². The van der Waals surface area contributed by atoms with Gasteiger partial charge in [0, 0.05) is 21.2 Å². The van der Waals surface area contributed by atoms with E-state index in [9.17, 15) is 4.79 Å². The Hall–Kier alpha value is -1.95. The topological polar surface area (TPSA) is 73.6 Å². The largest absolute Gasteiger partial charge is 0.493 e. The summed E-state index contributed by atoms with van der Waals surface area (Å²) in [7, 11) is 1.49. The Labute approximate surface area is 137 Å². The van der Waals surface area contributed by atoms with Crippen molar-refractivity contribution in [2.45, 2.75) is 6.61 Å². The molecule has 0 aromatic heterocycles. The van der Waals surface area contributed by atoms with Crippen LogP contribution in [0, 0.1) is 0 Å². The number of hydrogen-bond donors (Lipinski definition) is 2. The van der Waals surface area contributed by atoms with Crippen molar-refractivity contribution >= 4 is 29.1 Å². The number of amides is 1. The van der Waals surface area contributed by atoms with Gasteiger partial charge in [0.25, 0.3) is 5.91 Å². The Morgan fingerprint density at radius 3 is 2.59 bits per heavy atom. The highest BCUT2D eigenvalue weighted by molar-refractivity contribution is 6.35. The van der Waals surface area contributed by atoms with E-state index >= 15 is 0 Å². The van der Waals surface area contributed by atoms with Crippen molar-refractivity contribution in [1.82, 2.24) is 5.43 Å². The maximum absolute atomic E-state index is 11.5. The first-order valence-electron chi connectivity index (χ1n) is 6.31. The molecule has 5 nitrogen and oxygen atoms in total. The summed E-state index contributed by atoms with van der Waals surface area (Å²) >= 11 is 11.9. The van der Waals surface area contributed by atoms with Gasteiger partial charge in [-0.25, -0.2) is 5.84 Å². The van der Waals surface area contributed by atoms with Crippen molar-refractivity contribution in [3.63, 3.8) is 0 Å². The van der Waals surface area contributed by atoms with Crippen LogP contribution in [0.25, 0.3) is 0 Å². The molecule has 2 aromatic carbocycles. The number of hydrogen-bond acceptors (Lipinski definition) is 4. The van der Waals surface area contributed by atoms with E-state index in [0.717, 1.165) is 5.56 Å². The zero-order valence-corrected chi connectivity index (χ0v) is 13.2. The third kappa shape index (κ3) is 3.82. The Bertz CT molecular complexity index is 692. The molecule has 1 amide bonds. The first-order valence-corrected chi connectivity index (χ1v) is 7.06. The first kappa shape index (κ1) is 16.4. The van der Waals surface area contributed by atoms with Gasteiger partial charge in [-0.3, -0.25) is 10.2 Å². The van der Waals surface area contributed by atoms with Crippen LogP contribution in [-0.2, 0) is 6.61 Å². The second-order valence-corrected chi connectivity index (χ2v) is 5.21. The van der Waals surface area contributed by atoms with Crippen molar-refractivity contribution in [3.05, 3.63) is 57.6 Å². The van der Waals surface area contributed by atoms with Gasteiger partial charge in [0.1, 0.15) is 6.61 Å². The fourth-order valence-electron chi connectivity index (χ4n) is 1.81. The minimum atomic E-state index is -0.411. The third-order valence-corrected chi connectivity index (χ3v) is 3.54. The summed E-state index contributed by atoms with van der Waals surface area (Å²) in [4.78, 5) is 11.5. The SMILES string of the molecule is COc1cc(C(=O)NN)ccc1OCc1ccc(Cl)cc1Cl. The van der Waals surface area contributed by atoms with E-state index in [1.54, 1.807) is 36.4 Å². The summed E-state index contributed by atoms with van der Waals surface area (Å²) in [5.41, 5.74) is 3.22. The van der Waals surface area contributed by atoms with Crippen LogP contribution in [0.2, 0.25) is 10.0 Å². The Morgan fingerprint density at radius 2 is 1.95 bits per heavy atom. The van der Waals surface area contributed by atoms with Gasteiger partial charge in [0.05, 0.1) is 7.11 Å². The molecule has 116 valence electrons. The average molecular weight is 341 g/mol. The molecule has 2 rings (SSSR count). The van der Waals surface area contributed by atoms with Crippen LogP contribution in [-0.4, -0.2) is 13.0 Å². The summed E-state index contributed by atoms with van der Waals surface area (Å²) in [5.74, 6) is 5.60. The number of hydrazine groups is 1. The van der Waals surface area contributed by atoms with E-state index in [4.69, 9.17) is 38.5 Å². The molecule has 0 heterocycles. The van der Waals surface area contributed by atoms with Crippen LogP contribution >= 0.6 is 23.2 Å². The van der Waals surface area contributed by atoms with Gasteiger partial charge in [-0.05, 0) is 30.3 Å². The van der Waals surface area contributed by atoms with E-state index in [2.05, 4.69) is 5.43 Å². The van der Waals surface area contributed by atoms with Crippen molar-refractivity contribution < 1.29 is 14.3 Å². The molecule has 0 aliphatic carbocycles. The number of nitrogens with one attached hydrogen (secondary N) is 1. The third-order valence-electron chi connectivity index (χ3n) is 2.96. The van der Waals surface area contributed by atoms with Gasteiger partial charge in [-0.2, -0.15) is 0 Å². The molecule has 0 aliphatic heterocycles. The molecule has 0 atom stereocenters. The van der Waals surface area contributed by atoms with Gasteiger partial charge in [-0.1, -0.05) is 29.3 Å². The van der Waals surface area contributed by atoms with Gasteiger partial charge in [0.2, 0.25) is 0 Å². The molecule has 0 bridgehead atoms. The number of halogens is 2. The smallest absolute Gasteiger partial charge is 0.265 e. The molecule has 0 saturated heterocycles. The van der Waals surface area contributed by atoms with E-state index in [1.807, 2.05) is 0 Å². The van der Waals surface area contributed by atoms with Crippen LogP contribution in [0.15, 0.2) is 36.4 Å². The van der Waals surface area contributed by atoms with Gasteiger partial charge in [0.15, 0.2) is 11.5 Å². The molecule has 2 aromatic rings. The fourth-order valence-corrected chi connectivity index (χ4v) is 2.27. The zero-order valence-electron chi connectivity index (χ0n) is 11.7. The van der Waals surface area contributed by atoms with Gasteiger partial charge < -0.3 is 9.47 Å². The predicted octanol–water partition coefficient (Wildman–Crippen LogP) is 3.18. The van der Waals surface area contributed by atoms with Gasteiger partial charge >= 0.3 is 0 Å². The normalized spacial score (nSPS) is 10.2. The molecule has 0 aliphatic rings. The minimum Gasteiger partial charge on any atom is -0.493 e. The quantitative estimate of drug-likeness (QED) is 0.498. The number of benzene rings is 2. The molecule has 0 saturated carbocycles. The van der Waals surface area contributed by atoms with E-state index in [0.29, 0.717) is 27.1 Å². The molecule has 7 heteroatoms. The van der Waals surface area contributed by atoms with Gasteiger partial charge in [-0.15, -0.1) is 0 Å². The van der Waals surface area contributed by atoms with Crippen LogP contribution in [0.3, 0.4) is 0 Å². The monoisotopic (exact) mass is 340 g/mol.